The Bertz CT molecular complexity index is 1020. The maximum absolute atomic E-state index is 14.5. The lowest BCUT2D eigenvalue weighted by atomic mass is 9.93. The number of fused-ring (bicyclic) bond motifs is 1. The second-order valence-corrected chi connectivity index (χ2v) is 8.39. The third kappa shape index (κ3) is 3.65. The second kappa shape index (κ2) is 7.60. The number of urea groups is 1. The van der Waals surface area contributed by atoms with Crippen molar-refractivity contribution in [1.82, 2.24) is 9.97 Å². The van der Waals surface area contributed by atoms with Crippen LogP contribution < -0.4 is 15.1 Å². The Hall–Kier alpha value is -3.01. The molecule has 0 unspecified atom stereocenters. The van der Waals surface area contributed by atoms with Gasteiger partial charge in [0.15, 0.2) is 11.6 Å². The summed E-state index contributed by atoms with van der Waals surface area (Å²) in [5.41, 5.74) is -0.0116. The molecule has 10 heteroatoms. The van der Waals surface area contributed by atoms with Crippen LogP contribution in [0.2, 0.25) is 0 Å². The van der Waals surface area contributed by atoms with Crippen LogP contribution in [0.25, 0.3) is 0 Å². The summed E-state index contributed by atoms with van der Waals surface area (Å²) in [7, 11) is 0. The fourth-order valence-electron chi connectivity index (χ4n) is 4.26. The highest BCUT2D eigenvalue weighted by atomic mass is 19.1. The topological polar surface area (TPSA) is 102 Å². The Kier molecular flexibility index (Phi) is 4.88. The molecule has 2 aliphatic carbocycles. The van der Waals surface area contributed by atoms with Crippen LogP contribution in [0.15, 0.2) is 18.3 Å². The number of amides is 2. The molecule has 2 amide bonds. The molecule has 2 fully saturated rings. The number of benzene rings is 1. The highest BCUT2D eigenvalue weighted by molar-refractivity contribution is 6.06. The van der Waals surface area contributed by atoms with E-state index in [0.29, 0.717) is 30.2 Å². The summed E-state index contributed by atoms with van der Waals surface area (Å²) in [5.74, 6) is -1.99. The molecule has 1 aromatic heterocycles. The van der Waals surface area contributed by atoms with Crippen molar-refractivity contribution < 1.29 is 23.8 Å². The van der Waals surface area contributed by atoms with Gasteiger partial charge in [0.25, 0.3) is 0 Å². The van der Waals surface area contributed by atoms with Crippen molar-refractivity contribution in [2.75, 3.05) is 15.1 Å². The van der Waals surface area contributed by atoms with Crippen LogP contribution in [-0.2, 0) is 6.54 Å². The highest BCUT2D eigenvalue weighted by Crippen LogP contribution is 2.41. The number of aromatic hydroxyl groups is 1. The van der Waals surface area contributed by atoms with Crippen LogP contribution >= 0.6 is 0 Å². The molecule has 2 aromatic rings. The number of rotatable bonds is 4. The predicted octanol–water partition coefficient (Wildman–Crippen LogP) is 3.28. The van der Waals surface area contributed by atoms with Crippen LogP contribution in [0.5, 0.6) is 5.75 Å². The molecule has 0 radical (unpaired) electrons. The van der Waals surface area contributed by atoms with Gasteiger partial charge in [-0.2, -0.15) is 4.98 Å². The van der Waals surface area contributed by atoms with E-state index in [9.17, 15) is 23.8 Å². The van der Waals surface area contributed by atoms with Crippen molar-refractivity contribution in [1.29, 1.82) is 0 Å². The number of halogens is 2. The van der Waals surface area contributed by atoms with Crippen molar-refractivity contribution >= 4 is 23.5 Å². The molecule has 2 saturated carbocycles. The predicted molar refractivity (Wildman–Crippen MR) is 109 cm³/mol. The summed E-state index contributed by atoms with van der Waals surface area (Å²) in [4.78, 5) is 24.6. The number of phenolic OH excluding ortho intramolecular Hbond substituents is 1. The molecule has 5 rings (SSSR count). The second-order valence-electron chi connectivity index (χ2n) is 8.39. The average Bonchev–Trinajstić information content (AvgIpc) is 3.58. The van der Waals surface area contributed by atoms with E-state index < -0.39 is 29.1 Å². The smallest absolute Gasteiger partial charge is 0.330 e. The molecule has 164 valence electrons. The largest absolute Gasteiger partial charge is 0.505 e. The maximum Gasteiger partial charge on any atom is 0.330 e. The minimum atomic E-state index is -1.17. The zero-order chi connectivity index (χ0) is 21.7. The minimum Gasteiger partial charge on any atom is -0.505 e. The van der Waals surface area contributed by atoms with Crippen molar-refractivity contribution in [3.63, 3.8) is 0 Å². The first-order valence-corrected chi connectivity index (χ1v) is 10.5. The summed E-state index contributed by atoms with van der Waals surface area (Å²) in [6.45, 7) is -0.107. The summed E-state index contributed by atoms with van der Waals surface area (Å²) >= 11 is 0. The first kappa shape index (κ1) is 19.9. The normalized spacial score (nSPS) is 23.6. The SMILES string of the molecule is O=C1N(c2c(F)ccc(O)c2F)Cc2cnc(NC3CCC(O)CC3)nc2N1C1CC1. The van der Waals surface area contributed by atoms with E-state index in [4.69, 9.17) is 0 Å². The highest BCUT2D eigenvalue weighted by Gasteiger charge is 2.43. The van der Waals surface area contributed by atoms with Gasteiger partial charge in [0.1, 0.15) is 17.3 Å². The summed E-state index contributed by atoms with van der Waals surface area (Å²) in [6.07, 6.45) is 5.88. The monoisotopic (exact) mass is 431 g/mol. The number of phenols is 1. The van der Waals surface area contributed by atoms with Gasteiger partial charge in [-0.1, -0.05) is 0 Å². The van der Waals surface area contributed by atoms with Gasteiger partial charge in [0.2, 0.25) is 5.95 Å². The van der Waals surface area contributed by atoms with Gasteiger partial charge in [-0.05, 0) is 50.7 Å². The van der Waals surface area contributed by atoms with Crippen LogP contribution in [0.4, 0.5) is 31.0 Å². The molecule has 0 bridgehead atoms. The molecule has 3 N–H and O–H groups in total. The van der Waals surface area contributed by atoms with Gasteiger partial charge in [-0.3, -0.25) is 9.80 Å². The number of nitrogens with zero attached hydrogens (tertiary/aromatic N) is 4. The van der Waals surface area contributed by atoms with Crippen molar-refractivity contribution in [2.45, 2.75) is 63.3 Å². The van der Waals surface area contributed by atoms with Crippen LogP contribution in [0.1, 0.15) is 44.1 Å². The van der Waals surface area contributed by atoms with Crippen molar-refractivity contribution in [2.24, 2.45) is 0 Å². The number of nitrogens with one attached hydrogen (secondary N) is 1. The van der Waals surface area contributed by atoms with Gasteiger partial charge in [0, 0.05) is 23.8 Å². The van der Waals surface area contributed by atoms with Crippen LogP contribution in [0, 0.1) is 11.6 Å². The molecule has 1 aliphatic heterocycles. The van der Waals surface area contributed by atoms with Crippen molar-refractivity contribution in [3.05, 3.63) is 35.5 Å². The third-order valence-corrected chi connectivity index (χ3v) is 6.09. The van der Waals surface area contributed by atoms with Gasteiger partial charge >= 0.3 is 6.03 Å². The Labute approximate surface area is 177 Å². The van der Waals surface area contributed by atoms with E-state index in [-0.39, 0.29) is 24.7 Å². The Morgan fingerprint density at radius 2 is 1.84 bits per heavy atom. The number of aromatic nitrogens is 2. The average molecular weight is 431 g/mol. The Morgan fingerprint density at radius 3 is 2.55 bits per heavy atom. The lowest BCUT2D eigenvalue weighted by molar-refractivity contribution is 0.126. The van der Waals surface area contributed by atoms with E-state index in [2.05, 4.69) is 15.3 Å². The molecular formula is C21H23F2N5O3. The fourth-order valence-corrected chi connectivity index (χ4v) is 4.26. The molecule has 2 heterocycles. The summed E-state index contributed by atoms with van der Waals surface area (Å²) in [6, 6.07) is 1.32. The Balaban J connectivity index is 1.47. The van der Waals surface area contributed by atoms with E-state index in [1.54, 1.807) is 6.20 Å². The lowest BCUT2D eigenvalue weighted by Gasteiger charge is -2.36. The minimum absolute atomic E-state index is 0.0925. The van der Waals surface area contributed by atoms with E-state index >= 15 is 0 Å². The number of aliphatic hydroxyl groups is 1. The molecule has 0 spiro atoms. The first-order valence-electron chi connectivity index (χ1n) is 10.5. The fraction of sp³-hybridized carbons (Fsp3) is 0.476. The Morgan fingerprint density at radius 1 is 1.10 bits per heavy atom. The number of aliphatic hydroxyl groups excluding tert-OH is 1. The van der Waals surface area contributed by atoms with Crippen LogP contribution in [-0.4, -0.2) is 44.4 Å². The lowest BCUT2D eigenvalue weighted by Crippen LogP contribution is -2.49. The standard InChI is InChI=1S/C21H23F2N5O3/c22-15-7-8-16(30)17(23)18(15)27-10-11-9-24-20(25-12-1-5-14(29)6-2-12)26-19(11)28(21(27)31)13-3-4-13/h7-9,12-14,29-30H,1-6,10H2,(H,24,25,26). The van der Waals surface area contributed by atoms with E-state index in [1.165, 1.54) is 4.90 Å². The summed E-state index contributed by atoms with van der Waals surface area (Å²) < 4.78 is 29.0. The van der Waals surface area contributed by atoms with Crippen molar-refractivity contribution in [3.8, 4) is 5.75 Å². The molecular weight excluding hydrogens is 408 g/mol. The molecule has 8 nitrogen and oxygen atoms in total. The maximum atomic E-state index is 14.5. The summed E-state index contributed by atoms with van der Waals surface area (Å²) in [5, 5.41) is 22.6. The first-order chi connectivity index (χ1) is 14.9. The quantitative estimate of drug-likeness (QED) is 0.687. The molecule has 3 aliphatic rings. The van der Waals surface area contributed by atoms with Gasteiger partial charge in [0.05, 0.1) is 12.6 Å². The zero-order valence-corrected chi connectivity index (χ0v) is 16.8. The molecule has 0 saturated heterocycles. The molecule has 1 aromatic carbocycles. The van der Waals surface area contributed by atoms with Crippen LogP contribution in [0.3, 0.4) is 0 Å². The zero-order valence-electron chi connectivity index (χ0n) is 16.8. The number of carbonyl (C=O) groups is 1. The molecule has 31 heavy (non-hydrogen) atoms. The number of anilines is 3. The number of hydrogen-bond donors (Lipinski definition) is 3. The van der Waals surface area contributed by atoms with E-state index in [1.807, 2.05) is 0 Å². The van der Waals surface area contributed by atoms with Gasteiger partial charge in [-0.15, -0.1) is 0 Å². The van der Waals surface area contributed by atoms with Gasteiger partial charge in [-0.25, -0.2) is 18.6 Å². The third-order valence-electron chi connectivity index (χ3n) is 6.09. The molecule has 0 atom stereocenters. The number of hydrogen-bond acceptors (Lipinski definition) is 6. The van der Waals surface area contributed by atoms with E-state index in [0.717, 1.165) is 42.7 Å². The number of carbonyl (C=O) groups excluding carboxylic acids is 1. The van der Waals surface area contributed by atoms with Gasteiger partial charge < -0.3 is 15.5 Å².